The minimum absolute atomic E-state index is 0.106. The molecule has 0 aliphatic carbocycles. The third-order valence-corrected chi connectivity index (χ3v) is 3.98. The highest BCUT2D eigenvalue weighted by Gasteiger charge is 2.27. The van der Waals surface area contributed by atoms with Crippen molar-refractivity contribution in [3.8, 4) is 0 Å². The second kappa shape index (κ2) is 8.27. The summed E-state index contributed by atoms with van der Waals surface area (Å²) >= 11 is 0. The Balaban J connectivity index is 1.96. The summed E-state index contributed by atoms with van der Waals surface area (Å²) < 4.78 is 9.69. The summed E-state index contributed by atoms with van der Waals surface area (Å²) in [6.45, 7) is 3.21. The summed E-state index contributed by atoms with van der Waals surface area (Å²) in [5.41, 5.74) is 0.802. The van der Waals surface area contributed by atoms with E-state index < -0.39 is 30.5 Å². The van der Waals surface area contributed by atoms with Gasteiger partial charge in [-0.3, -0.25) is 9.89 Å². The summed E-state index contributed by atoms with van der Waals surface area (Å²) in [6.07, 6.45) is 0.680. The van der Waals surface area contributed by atoms with Crippen LogP contribution in [-0.4, -0.2) is 47.8 Å². The number of carbonyl (C=O) groups is 3. The molecule has 1 aromatic heterocycles. The van der Waals surface area contributed by atoms with E-state index in [1.807, 2.05) is 19.9 Å². The van der Waals surface area contributed by atoms with E-state index in [1.165, 1.54) is 7.11 Å². The fourth-order valence-electron chi connectivity index (χ4n) is 2.33. The van der Waals surface area contributed by atoms with Gasteiger partial charge in [-0.15, -0.1) is 0 Å². The third-order valence-electron chi connectivity index (χ3n) is 3.98. The largest absolute Gasteiger partial charge is 0.467 e. The van der Waals surface area contributed by atoms with Crippen molar-refractivity contribution in [1.29, 1.82) is 0 Å². The van der Waals surface area contributed by atoms with E-state index >= 15 is 0 Å². The molecule has 0 spiro atoms. The molecule has 2 N–H and O–H groups in total. The molecular formula is C17H21N3O5. The Morgan fingerprint density at radius 2 is 2.00 bits per heavy atom. The van der Waals surface area contributed by atoms with Gasteiger partial charge in [0.25, 0.3) is 5.91 Å². The molecule has 8 nitrogen and oxygen atoms in total. The second-order valence-electron chi connectivity index (χ2n) is 5.65. The molecule has 1 aromatic carbocycles. The van der Waals surface area contributed by atoms with Crippen LogP contribution in [0.25, 0.3) is 10.9 Å². The molecule has 0 aliphatic heterocycles. The van der Waals surface area contributed by atoms with Gasteiger partial charge in [0, 0.05) is 5.39 Å². The van der Waals surface area contributed by atoms with Gasteiger partial charge in [-0.25, -0.2) is 9.59 Å². The number of esters is 2. The van der Waals surface area contributed by atoms with Crippen molar-refractivity contribution in [2.75, 3.05) is 13.7 Å². The van der Waals surface area contributed by atoms with Gasteiger partial charge in [0.1, 0.15) is 6.04 Å². The van der Waals surface area contributed by atoms with Crippen molar-refractivity contribution in [1.82, 2.24) is 15.5 Å². The smallest absolute Gasteiger partial charge is 0.359 e. The van der Waals surface area contributed by atoms with Crippen molar-refractivity contribution >= 4 is 28.7 Å². The summed E-state index contributed by atoms with van der Waals surface area (Å²) in [4.78, 5) is 35.9. The van der Waals surface area contributed by atoms with Crippen LogP contribution in [0.4, 0.5) is 0 Å². The molecule has 134 valence electrons. The van der Waals surface area contributed by atoms with Gasteiger partial charge >= 0.3 is 11.9 Å². The predicted molar refractivity (Wildman–Crippen MR) is 89.8 cm³/mol. The molecule has 8 heteroatoms. The number of nitrogens with zero attached hydrogens (tertiary/aromatic N) is 1. The standard InChI is InChI=1S/C17H21N3O5/c1-4-10(2)14(16(22)24-3)18-13(21)9-25-17(23)15-11-7-5-6-8-12(11)19-20-15/h5-8,10,14H,4,9H2,1-3H3,(H,18,21)(H,19,20)/t10-,14-/m1/s1. The number of rotatable bonds is 7. The Morgan fingerprint density at radius 1 is 1.28 bits per heavy atom. The zero-order chi connectivity index (χ0) is 18.4. The first-order chi connectivity index (χ1) is 12.0. The average Bonchev–Trinajstić information content (AvgIpc) is 3.07. The number of aromatic amines is 1. The first-order valence-corrected chi connectivity index (χ1v) is 7.95. The SMILES string of the molecule is CC[C@@H](C)[C@@H](NC(=O)COC(=O)c1n[nH]c2ccccc12)C(=O)OC. The van der Waals surface area contributed by atoms with E-state index in [-0.39, 0.29) is 11.6 Å². The number of nitrogens with one attached hydrogen (secondary N) is 2. The minimum atomic E-state index is -0.785. The second-order valence-corrected chi connectivity index (χ2v) is 5.65. The van der Waals surface area contributed by atoms with E-state index in [0.29, 0.717) is 17.3 Å². The molecule has 2 aromatic rings. The zero-order valence-electron chi connectivity index (χ0n) is 14.4. The van der Waals surface area contributed by atoms with Gasteiger partial charge in [-0.1, -0.05) is 38.5 Å². The number of carbonyl (C=O) groups excluding carboxylic acids is 3. The summed E-state index contributed by atoms with van der Waals surface area (Å²) in [5.74, 6) is -1.94. The van der Waals surface area contributed by atoms with Crippen LogP contribution in [0.2, 0.25) is 0 Å². The van der Waals surface area contributed by atoms with Crippen LogP contribution in [0.15, 0.2) is 24.3 Å². The van der Waals surface area contributed by atoms with Crippen molar-refractivity contribution in [3.63, 3.8) is 0 Å². The molecule has 0 saturated carbocycles. The van der Waals surface area contributed by atoms with Crippen molar-refractivity contribution in [3.05, 3.63) is 30.0 Å². The topological polar surface area (TPSA) is 110 Å². The summed E-state index contributed by atoms with van der Waals surface area (Å²) in [6, 6.07) is 6.30. The normalized spacial score (nSPS) is 13.1. The van der Waals surface area contributed by atoms with E-state index in [0.717, 1.165) is 0 Å². The van der Waals surface area contributed by atoms with Crippen LogP contribution < -0.4 is 5.32 Å². The minimum Gasteiger partial charge on any atom is -0.467 e. The summed E-state index contributed by atoms with van der Waals surface area (Å²) in [5, 5.41) is 9.78. The number of methoxy groups -OCH3 is 1. The van der Waals surface area contributed by atoms with E-state index in [1.54, 1.807) is 18.2 Å². The lowest BCUT2D eigenvalue weighted by Gasteiger charge is -2.21. The van der Waals surface area contributed by atoms with Crippen LogP contribution in [-0.2, 0) is 19.1 Å². The molecule has 0 aliphatic rings. The maximum absolute atomic E-state index is 12.1. The number of hydrogen-bond donors (Lipinski definition) is 2. The first kappa shape index (κ1) is 18.4. The Bertz CT molecular complexity index is 770. The zero-order valence-corrected chi connectivity index (χ0v) is 14.4. The molecule has 1 amide bonds. The van der Waals surface area contributed by atoms with Gasteiger partial charge in [-0.05, 0) is 12.0 Å². The molecular weight excluding hydrogens is 326 g/mol. The Hall–Kier alpha value is -2.90. The fourth-order valence-corrected chi connectivity index (χ4v) is 2.33. The number of H-pyrrole nitrogens is 1. The van der Waals surface area contributed by atoms with Crippen LogP contribution in [0.5, 0.6) is 0 Å². The Labute approximate surface area is 144 Å². The average molecular weight is 347 g/mol. The number of hydrogen-bond acceptors (Lipinski definition) is 6. The number of ether oxygens (including phenoxy) is 2. The molecule has 0 saturated heterocycles. The summed E-state index contributed by atoms with van der Waals surface area (Å²) in [7, 11) is 1.26. The lowest BCUT2D eigenvalue weighted by molar-refractivity contribution is -0.147. The highest BCUT2D eigenvalue weighted by atomic mass is 16.5. The van der Waals surface area contributed by atoms with E-state index in [9.17, 15) is 14.4 Å². The Kier molecular flexibility index (Phi) is 6.10. The molecule has 0 fully saturated rings. The van der Waals surface area contributed by atoms with Gasteiger partial charge in [0.2, 0.25) is 0 Å². The highest BCUT2D eigenvalue weighted by molar-refractivity contribution is 6.02. The molecule has 1 heterocycles. The monoisotopic (exact) mass is 347 g/mol. The maximum Gasteiger partial charge on any atom is 0.359 e. The molecule has 0 radical (unpaired) electrons. The van der Waals surface area contributed by atoms with Gasteiger partial charge in [-0.2, -0.15) is 5.10 Å². The Morgan fingerprint density at radius 3 is 2.68 bits per heavy atom. The van der Waals surface area contributed by atoms with Crippen molar-refractivity contribution < 1.29 is 23.9 Å². The van der Waals surface area contributed by atoms with Crippen molar-refractivity contribution in [2.45, 2.75) is 26.3 Å². The molecule has 0 bridgehead atoms. The van der Waals surface area contributed by atoms with Gasteiger partial charge in [0.05, 0.1) is 12.6 Å². The van der Waals surface area contributed by atoms with E-state index in [4.69, 9.17) is 9.47 Å². The van der Waals surface area contributed by atoms with E-state index in [2.05, 4.69) is 15.5 Å². The number of fused-ring (bicyclic) bond motifs is 1. The van der Waals surface area contributed by atoms with Crippen molar-refractivity contribution in [2.24, 2.45) is 5.92 Å². The molecule has 25 heavy (non-hydrogen) atoms. The van der Waals surface area contributed by atoms with Crippen LogP contribution in [0.3, 0.4) is 0 Å². The van der Waals surface area contributed by atoms with Crippen LogP contribution in [0.1, 0.15) is 30.8 Å². The quantitative estimate of drug-likeness (QED) is 0.733. The van der Waals surface area contributed by atoms with Crippen LogP contribution in [0, 0.1) is 5.92 Å². The number of amides is 1. The molecule has 2 atom stereocenters. The number of aromatic nitrogens is 2. The van der Waals surface area contributed by atoms with Gasteiger partial charge < -0.3 is 14.8 Å². The molecule has 2 rings (SSSR count). The third kappa shape index (κ3) is 4.34. The first-order valence-electron chi connectivity index (χ1n) is 7.95. The lowest BCUT2D eigenvalue weighted by Crippen LogP contribution is -2.47. The molecule has 0 unspecified atom stereocenters. The fraction of sp³-hybridized carbons (Fsp3) is 0.412. The highest BCUT2D eigenvalue weighted by Crippen LogP contribution is 2.15. The van der Waals surface area contributed by atoms with Crippen LogP contribution >= 0.6 is 0 Å². The predicted octanol–water partition coefficient (Wildman–Crippen LogP) is 1.42. The lowest BCUT2D eigenvalue weighted by atomic mass is 9.99. The number of benzene rings is 1. The van der Waals surface area contributed by atoms with Gasteiger partial charge in [0.15, 0.2) is 12.3 Å². The number of para-hydroxylation sites is 1. The maximum atomic E-state index is 12.1.